The first-order valence-corrected chi connectivity index (χ1v) is 9.68. The van der Waals surface area contributed by atoms with Crippen LogP contribution < -0.4 is 10.5 Å². The summed E-state index contributed by atoms with van der Waals surface area (Å²) < 4.78 is 46.1. The minimum atomic E-state index is -3.72. The van der Waals surface area contributed by atoms with Gasteiger partial charge >= 0.3 is 0 Å². The van der Waals surface area contributed by atoms with Crippen LogP contribution in [0.5, 0.6) is 5.75 Å². The number of nitrogens with two attached hydrogens (primary N) is 1. The minimum Gasteiger partial charge on any atom is -0.495 e. The fourth-order valence-corrected chi connectivity index (χ4v) is 3.97. The van der Waals surface area contributed by atoms with Gasteiger partial charge in [0.2, 0.25) is 5.95 Å². The number of methoxy groups -OCH3 is 1. The maximum Gasteiger partial charge on any atom is 0.224 e. The van der Waals surface area contributed by atoms with Crippen molar-refractivity contribution in [2.75, 3.05) is 12.8 Å². The largest absolute Gasteiger partial charge is 0.495 e. The summed E-state index contributed by atoms with van der Waals surface area (Å²) in [6.45, 7) is 6.53. The zero-order valence-corrected chi connectivity index (χ0v) is 16.6. The van der Waals surface area contributed by atoms with Crippen molar-refractivity contribution in [3.63, 3.8) is 0 Å². The van der Waals surface area contributed by atoms with Gasteiger partial charge in [0, 0.05) is 12.3 Å². The molecule has 0 aliphatic carbocycles. The van der Waals surface area contributed by atoms with Gasteiger partial charge in [-0.25, -0.2) is 18.4 Å². The number of sulfone groups is 1. The van der Waals surface area contributed by atoms with Gasteiger partial charge in [-0.3, -0.25) is 4.40 Å². The first-order chi connectivity index (χ1) is 12.5. The monoisotopic (exact) mass is 392 g/mol. The fraction of sp³-hybridized carbons (Fsp3) is 0.333. The summed E-state index contributed by atoms with van der Waals surface area (Å²) in [6, 6.07) is 3.07. The third-order valence-corrected chi connectivity index (χ3v) is 6.87. The van der Waals surface area contributed by atoms with Crippen LogP contribution in [0.25, 0.3) is 16.9 Å². The van der Waals surface area contributed by atoms with Crippen LogP contribution in [0.1, 0.15) is 26.3 Å². The Balaban J connectivity index is 2.34. The molecule has 9 heteroatoms. The van der Waals surface area contributed by atoms with Crippen LogP contribution in [-0.4, -0.2) is 34.6 Å². The summed E-state index contributed by atoms with van der Waals surface area (Å²) in [6.07, 6.45) is 2.86. The predicted octanol–water partition coefficient (Wildman–Crippen LogP) is 3.01. The van der Waals surface area contributed by atoms with Crippen molar-refractivity contribution in [1.82, 2.24) is 14.4 Å². The number of halogens is 1. The lowest BCUT2D eigenvalue weighted by Gasteiger charge is -2.21. The standard InChI is InChI=1S/C18H21FN4O3S/c1-10-6-11(16(19)22-17(10)20)12-8-21-15-7-13(26-5)14(9-23(12)15)27(24,25)18(2,3)4/h6-9H,1-5H3,(H2,20,22). The molecule has 0 saturated carbocycles. The number of fused-ring (bicyclic) bond motifs is 1. The molecule has 0 aliphatic rings. The van der Waals surface area contributed by atoms with E-state index in [2.05, 4.69) is 9.97 Å². The first kappa shape index (κ1) is 19.1. The molecule has 3 aromatic heterocycles. The van der Waals surface area contributed by atoms with Crippen LogP contribution in [0, 0.1) is 12.9 Å². The average Bonchev–Trinajstić information content (AvgIpc) is 2.98. The molecule has 144 valence electrons. The van der Waals surface area contributed by atoms with Gasteiger partial charge in [0.05, 0.1) is 29.3 Å². The van der Waals surface area contributed by atoms with Gasteiger partial charge in [-0.05, 0) is 39.3 Å². The van der Waals surface area contributed by atoms with E-state index in [-0.39, 0.29) is 22.0 Å². The molecule has 0 amide bonds. The number of rotatable bonds is 3. The van der Waals surface area contributed by atoms with E-state index < -0.39 is 20.5 Å². The predicted molar refractivity (Wildman–Crippen MR) is 101 cm³/mol. The summed E-state index contributed by atoms with van der Waals surface area (Å²) in [5, 5.41) is 0. The molecule has 3 rings (SSSR count). The van der Waals surface area contributed by atoms with E-state index in [1.807, 2.05) is 0 Å². The number of aryl methyl sites for hydroxylation is 1. The maximum atomic E-state index is 14.4. The Morgan fingerprint density at radius 1 is 1.26 bits per heavy atom. The maximum absolute atomic E-state index is 14.4. The molecule has 0 fully saturated rings. The number of ether oxygens (including phenoxy) is 1. The molecule has 0 atom stereocenters. The van der Waals surface area contributed by atoms with E-state index in [1.54, 1.807) is 33.8 Å². The van der Waals surface area contributed by atoms with Crippen LogP contribution in [0.15, 0.2) is 29.4 Å². The van der Waals surface area contributed by atoms with Crippen LogP contribution in [0.2, 0.25) is 0 Å². The Morgan fingerprint density at radius 2 is 1.93 bits per heavy atom. The summed E-state index contributed by atoms with van der Waals surface area (Å²) in [7, 11) is -2.32. The highest BCUT2D eigenvalue weighted by Crippen LogP contribution is 2.35. The van der Waals surface area contributed by atoms with Crippen LogP contribution in [0.3, 0.4) is 0 Å². The number of hydrogen-bond acceptors (Lipinski definition) is 6. The Labute approximate surface area is 156 Å². The zero-order chi connectivity index (χ0) is 20.1. The second kappa shape index (κ2) is 6.19. The Bertz CT molecular complexity index is 1150. The van der Waals surface area contributed by atoms with Crippen molar-refractivity contribution in [2.24, 2.45) is 0 Å². The average molecular weight is 392 g/mol. The molecule has 0 aromatic carbocycles. The highest BCUT2D eigenvalue weighted by atomic mass is 32.2. The normalized spacial score (nSPS) is 12.5. The minimum absolute atomic E-state index is 0.00443. The zero-order valence-electron chi connectivity index (χ0n) is 15.7. The van der Waals surface area contributed by atoms with Crippen molar-refractivity contribution in [1.29, 1.82) is 0 Å². The number of anilines is 1. The molecule has 3 aromatic rings. The molecule has 27 heavy (non-hydrogen) atoms. The van der Waals surface area contributed by atoms with Gasteiger partial charge in [-0.2, -0.15) is 4.39 Å². The Hall–Kier alpha value is -2.68. The van der Waals surface area contributed by atoms with Gasteiger partial charge < -0.3 is 10.5 Å². The summed E-state index contributed by atoms with van der Waals surface area (Å²) >= 11 is 0. The van der Waals surface area contributed by atoms with E-state index in [0.29, 0.717) is 16.9 Å². The number of nitrogen functional groups attached to an aromatic ring is 1. The number of pyridine rings is 2. The molecule has 7 nitrogen and oxygen atoms in total. The lowest BCUT2D eigenvalue weighted by Crippen LogP contribution is -2.28. The highest BCUT2D eigenvalue weighted by Gasteiger charge is 2.34. The molecule has 0 saturated heterocycles. The summed E-state index contributed by atoms with van der Waals surface area (Å²) in [4.78, 5) is 7.96. The van der Waals surface area contributed by atoms with E-state index in [9.17, 15) is 12.8 Å². The second-order valence-corrected chi connectivity index (χ2v) is 9.89. The van der Waals surface area contributed by atoms with E-state index >= 15 is 0 Å². The fourth-order valence-electron chi connectivity index (χ4n) is 2.66. The molecule has 0 radical (unpaired) electrons. The Kier molecular flexibility index (Phi) is 4.38. The topological polar surface area (TPSA) is 99.6 Å². The molecule has 2 N–H and O–H groups in total. The van der Waals surface area contributed by atoms with Gasteiger partial charge in [-0.15, -0.1) is 0 Å². The molecular formula is C18H21FN4O3S. The third kappa shape index (κ3) is 3.01. The summed E-state index contributed by atoms with van der Waals surface area (Å²) in [5.74, 6) is -0.472. The van der Waals surface area contributed by atoms with Crippen molar-refractivity contribution >= 4 is 21.3 Å². The van der Waals surface area contributed by atoms with Crippen molar-refractivity contribution in [3.05, 3.63) is 36.0 Å². The number of aromatic nitrogens is 3. The van der Waals surface area contributed by atoms with Crippen molar-refractivity contribution in [3.8, 4) is 17.0 Å². The number of hydrogen-bond donors (Lipinski definition) is 1. The molecule has 3 heterocycles. The van der Waals surface area contributed by atoms with Gasteiger partial charge in [0.25, 0.3) is 0 Å². The van der Waals surface area contributed by atoms with E-state index in [1.165, 1.54) is 30.0 Å². The van der Waals surface area contributed by atoms with Gasteiger partial charge in [-0.1, -0.05) is 0 Å². The van der Waals surface area contributed by atoms with Gasteiger partial charge in [0.1, 0.15) is 22.1 Å². The Morgan fingerprint density at radius 3 is 2.52 bits per heavy atom. The first-order valence-electron chi connectivity index (χ1n) is 8.20. The summed E-state index contributed by atoms with van der Waals surface area (Å²) in [5.41, 5.74) is 7.23. The number of nitrogens with zero attached hydrogens (tertiary/aromatic N) is 3. The molecule has 0 unspecified atom stereocenters. The van der Waals surface area contributed by atoms with Crippen molar-refractivity contribution < 1.29 is 17.5 Å². The molecule has 0 bridgehead atoms. The van der Waals surface area contributed by atoms with Crippen LogP contribution in [-0.2, 0) is 9.84 Å². The second-order valence-electron chi connectivity index (χ2n) is 7.22. The highest BCUT2D eigenvalue weighted by molar-refractivity contribution is 7.92. The molecule has 0 aliphatic heterocycles. The SMILES string of the molecule is COc1cc2ncc(-c3cc(C)c(N)nc3F)n2cc1S(=O)(=O)C(C)(C)C. The quantitative estimate of drug-likeness (QED) is 0.688. The van der Waals surface area contributed by atoms with Crippen LogP contribution in [0.4, 0.5) is 10.2 Å². The van der Waals surface area contributed by atoms with Gasteiger partial charge in [0.15, 0.2) is 9.84 Å². The number of imidazole rings is 1. The lowest BCUT2D eigenvalue weighted by atomic mass is 10.1. The van der Waals surface area contributed by atoms with E-state index in [0.717, 1.165) is 0 Å². The van der Waals surface area contributed by atoms with Crippen molar-refractivity contribution in [2.45, 2.75) is 37.3 Å². The third-order valence-electron chi connectivity index (χ3n) is 4.37. The molecular weight excluding hydrogens is 371 g/mol. The molecule has 0 spiro atoms. The van der Waals surface area contributed by atoms with Crippen LogP contribution >= 0.6 is 0 Å². The lowest BCUT2D eigenvalue weighted by molar-refractivity contribution is 0.401. The van der Waals surface area contributed by atoms with E-state index in [4.69, 9.17) is 10.5 Å². The smallest absolute Gasteiger partial charge is 0.224 e.